The predicted octanol–water partition coefficient (Wildman–Crippen LogP) is 0.512. The van der Waals surface area contributed by atoms with Gasteiger partial charge >= 0.3 is 0 Å². The second-order valence-electron chi connectivity index (χ2n) is 3.27. The fourth-order valence-electron chi connectivity index (χ4n) is 1.32. The zero-order valence-corrected chi connectivity index (χ0v) is 7.71. The molecule has 68 valence electrons. The van der Waals surface area contributed by atoms with Gasteiger partial charge in [0.05, 0.1) is 0 Å². The van der Waals surface area contributed by atoms with E-state index < -0.39 is 0 Å². The van der Waals surface area contributed by atoms with E-state index >= 15 is 0 Å². The molecular formula is C9H16N2O. The second-order valence-corrected chi connectivity index (χ2v) is 3.27. The van der Waals surface area contributed by atoms with Gasteiger partial charge in [0.15, 0.2) is 0 Å². The molecule has 1 heterocycles. The van der Waals surface area contributed by atoms with Gasteiger partial charge in [0.25, 0.3) is 0 Å². The summed E-state index contributed by atoms with van der Waals surface area (Å²) in [7, 11) is 0. The first-order chi connectivity index (χ1) is 5.65. The molecular weight excluding hydrogens is 152 g/mol. The third-order valence-corrected chi connectivity index (χ3v) is 2.04. The molecule has 0 aromatic carbocycles. The van der Waals surface area contributed by atoms with Crippen molar-refractivity contribution in [2.75, 3.05) is 13.1 Å². The largest absolute Gasteiger partial charge is 0.336 e. The molecule has 1 rings (SSSR count). The first-order valence-electron chi connectivity index (χ1n) is 4.36. The van der Waals surface area contributed by atoms with Gasteiger partial charge in [-0.25, -0.2) is 0 Å². The highest BCUT2D eigenvalue weighted by molar-refractivity contribution is 5.93. The van der Waals surface area contributed by atoms with Crippen LogP contribution in [0.1, 0.15) is 20.3 Å². The zero-order chi connectivity index (χ0) is 9.14. The average molecular weight is 168 g/mol. The third kappa shape index (κ3) is 1.85. The van der Waals surface area contributed by atoms with E-state index in [1.54, 1.807) is 4.90 Å². The number of amides is 1. The lowest BCUT2D eigenvalue weighted by molar-refractivity contribution is -0.131. The van der Waals surface area contributed by atoms with Crippen LogP contribution in [0, 0.1) is 0 Å². The summed E-state index contributed by atoms with van der Waals surface area (Å²) in [6.45, 7) is 5.32. The molecule has 0 bridgehead atoms. The lowest BCUT2D eigenvalue weighted by Gasteiger charge is -2.37. The van der Waals surface area contributed by atoms with Crippen LogP contribution < -0.4 is 5.73 Å². The number of allylic oxidation sites excluding steroid dienone is 1. The predicted molar refractivity (Wildman–Crippen MR) is 48.6 cm³/mol. The summed E-state index contributed by atoms with van der Waals surface area (Å²) in [5, 5.41) is 0. The zero-order valence-electron chi connectivity index (χ0n) is 7.71. The topological polar surface area (TPSA) is 46.3 Å². The normalized spacial score (nSPS) is 19.2. The Morgan fingerprint density at radius 2 is 2.25 bits per heavy atom. The fourth-order valence-corrected chi connectivity index (χ4v) is 1.32. The van der Waals surface area contributed by atoms with Crippen molar-refractivity contribution in [3.05, 3.63) is 11.6 Å². The Kier molecular flexibility index (Phi) is 2.87. The molecule has 12 heavy (non-hydrogen) atoms. The van der Waals surface area contributed by atoms with Crippen molar-refractivity contribution >= 4 is 5.91 Å². The molecule has 3 nitrogen and oxygen atoms in total. The van der Waals surface area contributed by atoms with Gasteiger partial charge in [0, 0.05) is 24.7 Å². The number of hydrogen-bond acceptors (Lipinski definition) is 2. The van der Waals surface area contributed by atoms with Crippen LogP contribution >= 0.6 is 0 Å². The number of nitrogens with zero attached hydrogens (tertiary/aromatic N) is 1. The first kappa shape index (κ1) is 9.26. The number of carbonyl (C=O) groups excluding carboxylic acids is 1. The summed E-state index contributed by atoms with van der Waals surface area (Å²) in [5.41, 5.74) is 6.40. The molecule has 0 atom stereocenters. The van der Waals surface area contributed by atoms with E-state index in [9.17, 15) is 4.79 Å². The lowest BCUT2D eigenvalue weighted by atomic mass is 10.1. The summed E-state index contributed by atoms with van der Waals surface area (Å²) in [5.74, 6) is 0.138. The molecule has 0 aliphatic carbocycles. The molecule has 1 aliphatic heterocycles. The van der Waals surface area contributed by atoms with Gasteiger partial charge in [-0.05, 0) is 13.3 Å². The highest BCUT2D eigenvalue weighted by Crippen LogP contribution is 2.10. The number of nitrogens with two attached hydrogens (primary N) is 1. The Bertz CT molecular complexity index is 205. The maximum Gasteiger partial charge on any atom is 0.249 e. The molecule has 0 spiro atoms. The standard InChI is InChI=1S/C9H16N2O/c1-3-4-7(2)9(12)11-5-8(10)6-11/h4,8H,3,5-6,10H2,1-2H3. The van der Waals surface area contributed by atoms with E-state index in [1.165, 1.54) is 0 Å². The highest BCUT2D eigenvalue weighted by atomic mass is 16.2. The van der Waals surface area contributed by atoms with Crippen molar-refractivity contribution in [2.24, 2.45) is 5.73 Å². The Balaban J connectivity index is 2.43. The molecule has 0 aromatic rings. The lowest BCUT2D eigenvalue weighted by Crippen LogP contribution is -2.58. The smallest absolute Gasteiger partial charge is 0.249 e. The minimum Gasteiger partial charge on any atom is -0.336 e. The van der Waals surface area contributed by atoms with Crippen LogP contribution in [0.5, 0.6) is 0 Å². The molecule has 1 aliphatic rings. The van der Waals surface area contributed by atoms with Gasteiger partial charge in [0.1, 0.15) is 0 Å². The van der Waals surface area contributed by atoms with Crippen LogP contribution in [0.25, 0.3) is 0 Å². The summed E-state index contributed by atoms with van der Waals surface area (Å²) >= 11 is 0. The summed E-state index contributed by atoms with van der Waals surface area (Å²) in [6.07, 6.45) is 2.86. The van der Waals surface area contributed by atoms with Gasteiger partial charge in [-0.2, -0.15) is 0 Å². The number of rotatable bonds is 2. The molecule has 3 heteroatoms. The van der Waals surface area contributed by atoms with Crippen molar-refractivity contribution < 1.29 is 4.79 Å². The molecule has 0 unspecified atom stereocenters. The minimum absolute atomic E-state index is 0.138. The monoisotopic (exact) mass is 168 g/mol. The van der Waals surface area contributed by atoms with Gasteiger partial charge in [0.2, 0.25) is 5.91 Å². The minimum atomic E-state index is 0.138. The van der Waals surface area contributed by atoms with Crippen LogP contribution in [0.2, 0.25) is 0 Å². The van der Waals surface area contributed by atoms with Crippen molar-refractivity contribution in [2.45, 2.75) is 26.3 Å². The van der Waals surface area contributed by atoms with Gasteiger partial charge in [-0.1, -0.05) is 13.0 Å². The molecule has 2 N–H and O–H groups in total. The van der Waals surface area contributed by atoms with Crippen molar-refractivity contribution in [3.63, 3.8) is 0 Å². The quantitative estimate of drug-likeness (QED) is 0.611. The summed E-state index contributed by atoms with van der Waals surface area (Å²) in [4.78, 5) is 13.2. The maximum atomic E-state index is 11.5. The molecule has 0 aromatic heterocycles. The molecule has 1 fully saturated rings. The van der Waals surface area contributed by atoms with E-state index in [1.807, 2.05) is 19.9 Å². The third-order valence-electron chi connectivity index (χ3n) is 2.04. The van der Waals surface area contributed by atoms with Crippen LogP contribution in [0.4, 0.5) is 0 Å². The van der Waals surface area contributed by atoms with Crippen molar-refractivity contribution in [1.82, 2.24) is 4.90 Å². The average Bonchev–Trinajstić information content (AvgIpc) is 1.98. The number of hydrogen-bond donors (Lipinski definition) is 1. The van der Waals surface area contributed by atoms with E-state index in [-0.39, 0.29) is 11.9 Å². The van der Waals surface area contributed by atoms with Crippen LogP contribution in [0.3, 0.4) is 0 Å². The second kappa shape index (κ2) is 3.72. The van der Waals surface area contributed by atoms with Gasteiger partial charge < -0.3 is 10.6 Å². The SMILES string of the molecule is CCC=C(C)C(=O)N1CC(N)C1. The van der Waals surface area contributed by atoms with Crippen molar-refractivity contribution in [1.29, 1.82) is 0 Å². The molecule has 1 saturated heterocycles. The fraction of sp³-hybridized carbons (Fsp3) is 0.667. The number of likely N-dealkylation sites (tertiary alicyclic amines) is 1. The van der Waals surface area contributed by atoms with Gasteiger partial charge in [-0.3, -0.25) is 4.79 Å². The first-order valence-corrected chi connectivity index (χ1v) is 4.36. The highest BCUT2D eigenvalue weighted by Gasteiger charge is 2.27. The molecule has 0 radical (unpaired) electrons. The summed E-state index contributed by atoms with van der Waals surface area (Å²) < 4.78 is 0. The Morgan fingerprint density at radius 3 is 2.67 bits per heavy atom. The Labute approximate surface area is 73.2 Å². The van der Waals surface area contributed by atoms with E-state index in [0.29, 0.717) is 13.1 Å². The Morgan fingerprint density at radius 1 is 1.67 bits per heavy atom. The van der Waals surface area contributed by atoms with E-state index in [2.05, 4.69) is 0 Å². The van der Waals surface area contributed by atoms with E-state index in [4.69, 9.17) is 5.73 Å². The van der Waals surface area contributed by atoms with Crippen molar-refractivity contribution in [3.8, 4) is 0 Å². The van der Waals surface area contributed by atoms with E-state index in [0.717, 1.165) is 12.0 Å². The van der Waals surface area contributed by atoms with Crippen LogP contribution in [-0.4, -0.2) is 29.9 Å². The maximum absolute atomic E-state index is 11.5. The summed E-state index contributed by atoms with van der Waals surface area (Å²) in [6, 6.07) is 0.198. The Hall–Kier alpha value is -0.830. The molecule has 1 amide bonds. The molecule has 0 saturated carbocycles. The van der Waals surface area contributed by atoms with Crippen LogP contribution in [-0.2, 0) is 4.79 Å². The van der Waals surface area contributed by atoms with Crippen LogP contribution in [0.15, 0.2) is 11.6 Å². The number of carbonyl (C=O) groups is 1. The van der Waals surface area contributed by atoms with Gasteiger partial charge in [-0.15, -0.1) is 0 Å².